The molecule has 1 aromatic rings. The number of rotatable bonds is 3. The van der Waals surface area contributed by atoms with Crippen LogP contribution in [-0.4, -0.2) is 54.1 Å². The maximum absolute atomic E-state index is 13.6. The Kier molecular flexibility index (Phi) is 3.84. The van der Waals surface area contributed by atoms with Crippen molar-refractivity contribution in [2.75, 3.05) is 38.1 Å². The zero-order chi connectivity index (χ0) is 14.9. The molecule has 0 bridgehead atoms. The van der Waals surface area contributed by atoms with E-state index in [2.05, 4.69) is 4.90 Å². The molecule has 1 aromatic carbocycles. The van der Waals surface area contributed by atoms with Gasteiger partial charge in [-0.25, -0.2) is 9.18 Å². The number of carboxylic acid groups (broad SMARTS) is 1. The molecule has 0 aromatic heterocycles. The fourth-order valence-corrected chi connectivity index (χ4v) is 2.16. The molecule has 1 saturated heterocycles. The van der Waals surface area contributed by atoms with E-state index in [1.165, 1.54) is 0 Å². The van der Waals surface area contributed by atoms with E-state index in [1.807, 2.05) is 7.05 Å². The Morgan fingerprint density at radius 3 is 2.45 bits per heavy atom. The van der Waals surface area contributed by atoms with Crippen LogP contribution in [0.2, 0.25) is 0 Å². The van der Waals surface area contributed by atoms with Crippen molar-refractivity contribution < 1.29 is 19.2 Å². The van der Waals surface area contributed by atoms with Gasteiger partial charge >= 0.3 is 5.97 Å². The van der Waals surface area contributed by atoms with E-state index in [0.717, 1.165) is 6.07 Å². The maximum atomic E-state index is 13.6. The number of nitro benzene ring substituents is 1. The van der Waals surface area contributed by atoms with Crippen LogP contribution >= 0.6 is 0 Å². The number of anilines is 1. The average molecular weight is 283 g/mol. The Morgan fingerprint density at radius 2 is 1.95 bits per heavy atom. The summed E-state index contributed by atoms with van der Waals surface area (Å²) in [5, 5.41) is 19.9. The first-order valence-electron chi connectivity index (χ1n) is 6.05. The van der Waals surface area contributed by atoms with Gasteiger partial charge in [-0.05, 0) is 13.1 Å². The van der Waals surface area contributed by atoms with Crippen molar-refractivity contribution in [2.45, 2.75) is 0 Å². The smallest absolute Gasteiger partial charge is 0.338 e. The molecule has 0 atom stereocenters. The highest BCUT2D eigenvalue weighted by molar-refractivity contribution is 5.90. The minimum Gasteiger partial charge on any atom is -0.478 e. The van der Waals surface area contributed by atoms with Gasteiger partial charge in [0.1, 0.15) is 11.5 Å². The summed E-state index contributed by atoms with van der Waals surface area (Å²) in [6, 6.07) is 1.72. The first-order valence-corrected chi connectivity index (χ1v) is 6.05. The Labute approximate surface area is 114 Å². The number of hydrogen-bond donors (Lipinski definition) is 1. The predicted octanol–water partition coefficient (Wildman–Crippen LogP) is 1.18. The second-order valence-corrected chi connectivity index (χ2v) is 4.67. The second-order valence-electron chi connectivity index (χ2n) is 4.67. The summed E-state index contributed by atoms with van der Waals surface area (Å²) in [5.74, 6) is -2.53. The van der Waals surface area contributed by atoms with Crippen molar-refractivity contribution in [3.05, 3.63) is 33.6 Å². The summed E-state index contributed by atoms with van der Waals surface area (Å²) in [7, 11) is 1.93. The molecule has 0 unspecified atom stereocenters. The summed E-state index contributed by atoms with van der Waals surface area (Å²) < 4.78 is 13.6. The lowest BCUT2D eigenvalue weighted by Crippen LogP contribution is -2.44. The minimum absolute atomic E-state index is 0.155. The van der Waals surface area contributed by atoms with E-state index < -0.39 is 28.0 Å². The number of nitro groups is 1. The second kappa shape index (κ2) is 5.41. The van der Waals surface area contributed by atoms with Gasteiger partial charge in [0.2, 0.25) is 0 Å². The quantitative estimate of drug-likeness (QED) is 0.662. The molecule has 1 aliphatic heterocycles. The molecule has 1 aliphatic rings. The van der Waals surface area contributed by atoms with Gasteiger partial charge < -0.3 is 14.9 Å². The van der Waals surface area contributed by atoms with Gasteiger partial charge in [-0.15, -0.1) is 0 Å². The van der Waals surface area contributed by atoms with Gasteiger partial charge in [0.15, 0.2) is 0 Å². The molecular weight excluding hydrogens is 269 g/mol. The standard InChI is InChI=1S/C12H14FN3O4/c1-14-2-4-15(5-3-14)10-6-8(12(17)18)9(13)7-11(10)16(19)20/h6-7H,2-5H2,1H3,(H,17,18). The normalized spacial score (nSPS) is 16.2. The largest absolute Gasteiger partial charge is 0.478 e. The molecule has 108 valence electrons. The summed E-state index contributed by atoms with van der Waals surface area (Å²) >= 11 is 0. The fraction of sp³-hybridized carbons (Fsp3) is 0.417. The molecule has 2 rings (SSSR count). The molecule has 0 aliphatic carbocycles. The van der Waals surface area contributed by atoms with Crippen molar-refractivity contribution in [1.29, 1.82) is 0 Å². The van der Waals surface area contributed by atoms with Crippen molar-refractivity contribution in [1.82, 2.24) is 4.90 Å². The van der Waals surface area contributed by atoms with E-state index in [0.29, 0.717) is 32.2 Å². The summed E-state index contributed by atoms with van der Waals surface area (Å²) in [5.41, 5.74) is -0.802. The predicted molar refractivity (Wildman–Crippen MR) is 69.7 cm³/mol. The highest BCUT2D eigenvalue weighted by Crippen LogP contribution is 2.31. The fourth-order valence-electron chi connectivity index (χ4n) is 2.16. The van der Waals surface area contributed by atoms with Gasteiger partial charge in [0, 0.05) is 26.2 Å². The van der Waals surface area contributed by atoms with Crippen LogP contribution in [0.1, 0.15) is 10.4 Å². The van der Waals surface area contributed by atoms with Gasteiger partial charge in [-0.3, -0.25) is 10.1 Å². The molecule has 0 amide bonds. The van der Waals surface area contributed by atoms with Crippen LogP contribution in [-0.2, 0) is 0 Å². The van der Waals surface area contributed by atoms with Crippen molar-refractivity contribution in [3.8, 4) is 0 Å². The van der Waals surface area contributed by atoms with Crippen LogP contribution in [0.3, 0.4) is 0 Å². The maximum Gasteiger partial charge on any atom is 0.338 e. The Morgan fingerprint density at radius 1 is 1.35 bits per heavy atom. The molecule has 1 heterocycles. The van der Waals surface area contributed by atoms with Crippen LogP contribution in [0.5, 0.6) is 0 Å². The van der Waals surface area contributed by atoms with Crippen molar-refractivity contribution >= 4 is 17.3 Å². The third-order valence-corrected chi connectivity index (χ3v) is 3.34. The van der Waals surface area contributed by atoms with E-state index >= 15 is 0 Å². The van der Waals surface area contributed by atoms with Crippen LogP contribution in [0, 0.1) is 15.9 Å². The van der Waals surface area contributed by atoms with Gasteiger partial charge in [0.05, 0.1) is 16.6 Å². The number of likely N-dealkylation sites (N-methyl/N-ethyl adjacent to an activating group) is 1. The first kappa shape index (κ1) is 14.2. The van der Waals surface area contributed by atoms with E-state index in [4.69, 9.17) is 5.11 Å². The zero-order valence-electron chi connectivity index (χ0n) is 10.9. The molecule has 0 saturated carbocycles. The highest BCUT2D eigenvalue weighted by atomic mass is 19.1. The number of piperazine rings is 1. The number of benzene rings is 1. The zero-order valence-corrected chi connectivity index (χ0v) is 10.9. The topological polar surface area (TPSA) is 86.9 Å². The molecule has 7 nitrogen and oxygen atoms in total. The average Bonchev–Trinajstić information content (AvgIpc) is 2.39. The third-order valence-electron chi connectivity index (χ3n) is 3.34. The van der Waals surface area contributed by atoms with Crippen LogP contribution in [0.4, 0.5) is 15.8 Å². The molecule has 0 radical (unpaired) electrons. The van der Waals surface area contributed by atoms with Crippen molar-refractivity contribution in [2.24, 2.45) is 0 Å². The summed E-state index contributed by atoms with van der Waals surface area (Å²) in [4.78, 5) is 25.0. The van der Waals surface area contributed by atoms with E-state index in [1.54, 1.807) is 4.90 Å². The Balaban J connectivity index is 2.46. The monoisotopic (exact) mass is 283 g/mol. The van der Waals surface area contributed by atoms with Gasteiger partial charge in [-0.2, -0.15) is 0 Å². The van der Waals surface area contributed by atoms with Crippen LogP contribution < -0.4 is 4.90 Å². The number of nitrogens with zero attached hydrogens (tertiary/aromatic N) is 3. The van der Waals surface area contributed by atoms with Gasteiger partial charge in [0.25, 0.3) is 5.69 Å². The minimum atomic E-state index is -1.44. The Hall–Kier alpha value is -2.22. The molecule has 8 heteroatoms. The van der Waals surface area contributed by atoms with E-state index in [-0.39, 0.29) is 5.69 Å². The lowest BCUT2D eigenvalue weighted by Gasteiger charge is -2.33. The Bertz CT molecular complexity index is 556. The third kappa shape index (κ3) is 2.69. The highest BCUT2D eigenvalue weighted by Gasteiger charge is 2.26. The number of hydrogen-bond acceptors (Lipinski definition) is 5. The van der Waals surface area contributed by atoms with Crippen LogP contribution in [0.15, 0.2) is 12.1 Å². The lowest BCUT2D eigenvalue weighted by molar-refractivity contribution is -0.384. The van der Waals surface area contributed by atoms with Gasteiger partial charge in [-0.1, -0.05) is 0 Å². The van der Waals surface area contributed by atoms with Crippen LogP contribution in [0.25, 0.3) is 0 Å². The summed E-state index contributed by atoms with van der Waals surface area (Å²) in [6.45, 7) is 2.47. The molecule has 0 spiro atoms. The number of aromatic carboxylic acids is 1. The molecule has 1 N–H and O–H groups in total. The SMILES string of the molecule is CN1CCN(c2cc(C(=O)O)c(F)cc2[N+](=O)[O-])CC1. The molecule has 20 heavy (non-hydrogen) atoms. The van der Waals surface area contributed by atoms with E-state index in [9.17, 15) is 19.3 Å². The first-order chi connectivity index (χ1) is 9.40. The summed E-state index contributed by atoms with van der Waals surface area (Å²) in [6.07, 6.45) is 0. The molecular formula is C12H14FN3O4. The number of halogens is 1. The number of carboxylic acids is 1. The van der Waals surface area contributed by atoms with Crippen molar-refractivity contribution in [3.63, 3.8) is 0 Å². The lowest BCUT2D eigenvalue weighted by atomic mass is 10.1. The molecule has 1 fully saturated rings. The number of carbonyl (C=O) groups is 1.